The van der Waals surface area contributed by atoms with Crippen molar-refractivity contribution in [1.29, 1.82) is 0 Å². The minimum atomic E-state index is -0.394. The summed E-state index contributed by atoms with van der Waals surface area (Å²) in [5, 5.41) is 10.00. The lowest BCUT2D eigenvalue weighted by Crippen LogP contribution is -2.50. The van der Waals surface area contributed by atoms with Crippen LogP contribution in [0.2, 0.25) is 5.02 Å². The Morgan fingerprint density at radius 3 is 2.62 bits per heavy atom. The molecule has 5 rings (SSSR count). The van der Waals surface area contributed by atoms with Gasteiger partial charge >= 0.3 is 6.03 Å². The predicted molar refractivity (Wildman–Crippen MR) is 151 cm³/mol. The third-order valence-corrected chi connectivity index (χ3v) is 6.99. The molecular weight excluding hydrogens is 530 g/mol. The third kappa shape index (κ3) is 5.97. The maximum atomic E-state index is 13.8. The molecule has 0 bridgehead atoms. The number of hydrogen-bond acceptors (Lipinski definition) is 5. The molecule has 0 saturated heterocycles. The highest BCUT2D eigenvalue weighted by Gasteiger charge is 2.32. The van der Waals surface area contributed by atoms with Crippen molar-refractivity contribution in [2.75, 3.05) is 18.0 Å². The topological polar surface area (TPSA) is 112 Å². The molecule has 4 aromatic rings. The lowest BCUT2D eigenvalue weighted by molar-refractivity contribution is -0.120. The van der Waals surface area contributed by atoms with Crippen LogP contribution in [-0.4, -0.2) is 56.6 Å². The van der Waals surface area contributed by atoms with E-state index in [1.165, 1.54) is 0 Å². The van der Waals surface area contributed by atoms with Crippen molar-refractivity contribution >= 4 is 35.1 Å². The van der Waals surface area contributed by atoms with Crippen LogP contribution in [0, 0.1) is 0 Å². The van der Waals surface area contributed by atoms with Crippen molar-refractivity contribution in [3.63, 3.8) is 0 Å². The Hall–Kier alpha value is -4.70. The monoisotopic (exact) mass is 557 g/mol. The van der Waals surface area contributed by atoms with Crippen molar-refractivity contribution in [1.82, 2.24) is 30.3 Å². The zero-order valence-electron chi connectivity index (χ0n) is 21.8. The molecule has 1 aliphatic heterocycles. The molecule has 1 atom stereocenters. The number of urea groups is 1. The first-order valence-electron chi connectivity index (χ1n) is 12.8. The standard InChI is InChI=1S/C29H28ClN7O3/c1-20-18-36(28(39)24-10-9-23(14-25(24)30)37-13-5-12-34-37)26-8-3-2-7-22(26)19-35(20)29(40)33-17-27(38)32-16-21-6-4-11-31-15-21/h2-15,20H,16-19H2,1H3,(H,32,38)(H,33,40)/t20-/m1/s1. The summed E-state index contributed by atoms with van der Waals surface area (Å²) in [6.07, 6.45) is 6.79. The quantitative estimate of drug-likeness (QED) is 0.374. The van der Waals surface area contributed by atoms with E-state index in [9.17, 15) is 14.4 Å². The number of para-hydroxylation sites is 1. The minimum absolute atomic E-state index is 0.176. The van der Waals surface area contributed by atoms with Crippen molar-refractivity contribution in [3.8, 4) is 5.69 Å². The van der Waals surface area contributed by atoms with Gasteiger partial charge in [-0.3, -0.25) is 14.6 Å². The number of halogens is 1. The molecule has 4 amide bonds. The maximum Gasteiger partial charge on any atom is 0.318 e. The van der Waals surface area contributed by atoms with Gasteiger partial charge in [0.05, 0.1) is 22.8 Å². The van der Waals surface area contributed by atoms with Gasteiger partial charge in [-0.25, -0.2) is 9.48 Å². The first-order valence-corrected chi connectivity index (χ1v) is 13.2. The number of aromatic nitrogens is 3. The summed E-state index contributed by atoms with van der Waals surface area (Å²) in [6.45, 7) is 2.53. The Morgan fingerprint density at radius 1 is 1.02 bits per heavy atom. The van der Waals surface area contributed by atoms with Crippen molar-refractivity contribution < 1.29 is 14.4 Å². The molecule has 0 fully saturated rings. The van der Waals surface area contributed by atoms with E-state index in [-0.39, 0.29) is 37.5 Å². The van der Waals surface area contributed by atoms with Crippen LogP contribution in [0.1, 0.15) is 28.4 Å². The first kappa shape index (κ1) is 26.9. The Balaban J connectivity index is 1.29. The third-order valence-electron chi connectivity index (χ3n) is 6.67. The Labute approximate surface area is 236 Å². The average molecular weight is 558 g/mol. The van der Waals surface area contributed by atoms with Gasteiger partial charge in [-0.1, -0.05) is 35.9 Å². The van der Waals surface area contributed by atoms with E-state index in [0.717, 1.165) is 16.8 Å². The fraction of sp³-hybridized carbons (Fsp3) is 0.207. The van der Waals surface area contributed by atoms with Crippen LogP contribution >= 0.6 is 11.6 Å². The highest BCUT2D eigenvalue weighted by molar-refractivity contribution is 6.34. The molecule has 204 valence electrons. The van der Waals surface area contributed by atoms with E-state index in [0.29, 0.717) is 22.8 Å². The van der Waals surface area contributed by atoms with Crippen molar-refractivity contribution in [3.05, 3.63) is 107 Å². The van der Waals surface area contributed by atoms with Gasteiger partial charge in [0.2, 0.25) is 5.91 Å². The molecule has 2 aromatic heterocycles. The van der Waals surface area contributed by atoms with E-state index in [1.54, 1.807) is 69.6 Å². The number of nitrogens with one attached hydrogen (secondary N) is 2. The SMILES string of the molecule is C[C@@H]1CN(C(=O)c2ccc(-n3cccn3)cc2Cl)c2ccccc2CN1C(=O)NCC(=O)NCc1cccnc1. The Morgan fingerprint density at radius 2 is 1.88 bits per heavy atom. The second-order valence-electron chi connectivity index (χ2n) is 9.43. The molecule has 40 heavy (non-hydrogen) atoms. The summed E-state index contributed by atoms with van der Waals surface area (Å²) in [6, 6.07) is 17.4. The number of carbonyl (C=O) groups excluding carboxylic acids is 3. The molecule has 0 aliphatic carbocycles. The lowest BCUT2D eigenvalue weighted by Gasteiger charge is -2.29. The summed E-state index contributed by atoms with van der Waals surface area (Å²) >= 11 is 6.57. The molecule has 0 saturated carbocycles. The zero-order chi connectivity index (χ0) is 28.1. The number of amides is 4. The van der Waals surface area contributed by atoms with Gasteiger partial charge in [-0.05, 0) is 54.4 Å². The highest BCUT2D eigenvalue weighted by atomic mass is 35.5. The van der Waals surface area contributed by atoms with E-state index in [1.807, 2.05) is 37.3 Å². The molecule has 3 heterocycles. The number of pyridine rings is 1. The van der Waals surface area contributed by atoms with Crippen LogP contribution in [0.15, 0.2) is 85.5 Å². The molecule has 2 aromatic carbocycles. The minimum Gasteiger partial charge on any atom is -0.350 e. The molecule has 0 spiro atoms. The van der Waals surface area contributed by atoms with Crippen LogP contribution in [0.3, 0.4) is 0 Å². The second-order valence-corrected chi connectivity index (χ2v) is 9.84. The highest BCUT2D eigenvalue weighted by Crippen LogP contribution is 2.30. The maximum absolute atomic E-state index is 13.8. The molecule has 0 unspecified atom stereocenters. The van der Waals surface area contributed by atoms with E-state index < -0.39 is 6.03 Å². The number of carbonyl (C=O) groups is 3. The summed E-state index contributed by atoms with van der Waals surface area (Å²) in [7, 11) is 0. The van der Waals surface area contributed by atoms with Crippen molar-refractivity contribution in [2.24, 2.45) is 0 Å². The first-order chi connectivity index (χ1) is 19.4. The summed E-state index contributed by atoms with van der Waals surface area (Å²) < 4.78 is 1.67. The average Bonchev–Trinajstić information content (AvgIpc) is 3.47. The van der Waals surface area contributed by atoms with Gasteiger partial charge < -0.3 is 20.4 Å². The van der Waals surface area contributed by atoms with Gasteiger partial charge in [0.15, 0.2) is 0 Å². The van der Waals surface area contributed by atoms with Crippen LogP contribution in [0.5, 0.6) is 0 Å². The summed E-state index contributed by atoms with van der Waals surface area (Å²) in [4.78, 5) is 46.6. The molecule has 11 heteroatoms. The smallest absolute Gasteiger partial charge is 0.318 e. The number of benzene rings is 2. The number of fused-ring (bicyclic) bond motifs is 1. The van der Waals surface area contributed by atoms with E-state index in [4.69, 9.17) is 11.6 Å². The number of rotatable bonds is 6. The molecular formula is C29H28ClN7O3. The van der Waals surface area contributed by atoms with Gasteiger partial charge in [0.1, 0.15) is 0 Å². The summed E-state index contributed by atoms with van der Waals surface area (Å²) in [5.41, 5.74) is 3.46. The Kier molecular flexibility index (Phi) is 8.07. The second kappa shape index (κ2) is 12.0. The lowest BCUT2D eigenvalue weighted by atomic mass is 10.1. The largest absolute Gasteiger partial charge is 0.350 e. The van der Waals surface area contributed by atoms with Gasteiger partial charge in [-0.15, -0.1) is 0 Å². The molecule has 10 nitrogen and oxygen atoms in total. The normalized spacial score (nSPS) is 14.7. The number of anilines is 1. The van der Waals surface area contributed by atoms with Crippen molar-refractivity contribution in [2.45, 2.75) is 26.1 Å². The fourth-order valence-corrected chi connectivity index (χ4v) is 4.84. The number of nitrogens with zero attached hydrogens (tertiary/aromatic N) is 5. The van der Waals surface area contributed by atoms with Crippen LogP contribution in [0.4, 0.5) is 10.5 Å². The van der Waals surface area contributed by atoms with E-state index in [2.05, 4.69) is 20.7 Å². The number of hydrogen-bond donors (Lipinski definition) is 2. The van der Waals surface area contributed by atoms with Gasteiger partial charge in [0.25, 0.3) is 5.91 Å². The molecule has 0 radical (unpaired) electrons. The van der Waals surface area contributed by atoms with Gasteiger partial charge in [-0.2, -0.15) is 5.10 Å². The Bertz CT molecular complexity index is 1510. The molecule has 2 N–H and O–H groups in total. The van der Waals surface area contributed by atoms with Crippen LogP contribution in [-0.2, 0) is 17.9 Å². The van der Waals surface area contributed by atoms with Crippen LogP contribution in [0.25, 0.3) is 5.69 Å². The van der Waals surface area contributed by atoms with Gasteiger partial charge in [0, 0.05) is 56.2 Å². The zero-order valence-corrected chi connectivity index (χ0v) is 22.6. The predicted octanol–water partition coefficient (Wildman–Crippen LogP) is 3.80. The van der Waals surface area contributed by atoms with Crippen LogP contribution < -0.4 is 15.5 Å². The van der Waals surface area contributed by atoms with E-state index >= 15 is 0 Å². The molecule has 1 aliphatic rings. The summed E-state index contributed by atoms with van der Waals surface area (Å²) in [5.74, 6) is -0.585. The fourth-order valence-electron chi connectivity index (χ4n) is 4.58.